The molecule has 1 amide bonds. The Bertz CT molecular complexity index is 332. The number of nitrogens with zero attached hydrogens (tertiary/aromatic N) is 1. The summed E-state index contributed by atoms with van der Waals surface area (Å²) in [5, 5.41) is 12.3. The van der Waals surface area contributed by atoms with E-state index in [1.54, 1.807) is 4.90 Å². The molecule has 0 aromatic rings. The molecule has 0 radical (unpaired) electrons. The van der Waals surface area contributed by atoms with Crippen molar-refractivity contribution in [3.63, 3.8) is 0 Å². The summed E-state index contributed by atoms with van der Waals surface area (Å²) in [7, 11) is 0. The first-order chi connectivity index (χ1) is 8.59. The molecule has 5 nitrogen and oxygen atoms in total. The molecule has 18 heavy (non-hydrogen) atoms. The quantitative estimate of drug-likeness (QED) is 0.755. The van der Waals surface area contributed by atoms with Crippen molar-refractivity contribution in [1.82, 2.24) is 10.2 Å². The van der Waals surface area contributed by atoms with Gasteiger partial charge in [0.15, 0.2) is 0 Å². The monoisotopic (exact) mass is 254 g/mol. The highest BCUT2D eigenvalue weighted by atomic mass is 16.4. The summed E-state index contributed by atoms with van der Waals surface area (Å²) in [6, 6.07) is 0. The first kappa shape index (κ1) is 13.3. The predicted molar refractivity (Wildman–Crippen MR) is 67.1 cm³/mol. The average molecular weight is 254 g/mol. The van der Waals surface area contributed by atoms with Gasteiger partial charge in [0.25, 0.3) is 0 Å². The molecular formula is C13H22N2O3. The lowest BCUT2D eigenvalue weighted by Crippen LogP contribution is -2.49. The van der Waals surface area contributed by atoms with Crippen LogP contribution in [0.1, 0.15) is 26.2 Å². The topological polar surface area (TPSA) is 69.6 Å². The predicted octanol–water partition coefficient (Wildman–Crippen LogP) is 0.555. The third-order valence-corrected chi connectivity index (χ3v) is 4.18. The van der Waals surface area contributed by atoms with Gasteiger partial charge in [-0.15, -0.1) is 0 Å². The minimum Gasteiger partial charge on any atom is -0.481 e. The van der Waals surface area contributed by atoms with E-state index in [9.17, 15) is 9.59 Å². The van der Waals surface area contributed by atoms with Crippen LogP contribution in [0.5, 0.6) is 0 Å². The minimum absolute atomic E-state index is 0.0683. The first-order valence-electron chi connectivity index (χ1n) is 6.82. The maximum absolute atomic E-state index is 12.4. The van der Waals surface area contributed by atoms with Crippen LogP contribution in [-0.2, 0) is 9.59 Å². The van der Waals surface area contributed by atoms with Gasteiger partial charge in [-0.3, -0.25) is 9.59 Å². The number of aliphatic carboxylic acids is 1. The van der Waals surface area contributed by atoms with Crippen molar-refractivity contribution in [2.75, 3.05) is 26.2 Å². The Morgan fingerprint density at radius 3 is 2.78 bits per heavy atom. The number of carboxylic acid groups (broad SMARTS) is 1. The van der Waals surface area contributed by atoms with Gasteiger partial charge in [0.05, 0.1) is 5.92 Å². The molecule has 2 N–H and O–H groups in total. The third-order valence-electron chi connectivity index (χ3n) is 4.18. The molecule has 0 spiro atoms. The summed E-state index contributed by atoms with van der Waals surface area (Å²) >= 11 is 0. The van der Waals surface area contributed by atoms with Gasteiger partial charge >= 0.3 is 5.97 Å². The maximum atomic E-state index is 12.4. The Morgan fingerprint density at radius 2 is 2.11 bits per heavy atom. The molecule has 0 aliphatic carbocycles. The lowest BCUT2D eigenvalue weighted by Gasteiger charge is -2.36. The van der Waals surface area contributed by atoms with Crippen molar-refractivity contribution in [2.45, 2.75) is 26.2 Å². The molecule has 2 saturated heterocycles. The zero-order valence-electron chi connectivity index (χ0n) is 10.9. The number of carboxylic acids is 1. The SMILES string of the molecule is CC1CNCCC1C(=O)N1CCC[C@@H](C(=O)O)C1. The van der Waals surface area contributed by atoms with E-state index in [1.165, 1.54) is 0 Å². The molecule has 3 atom stereocenters. The van der Waals surface area contributed by atoms with E-state index in [0.717, 1.165) is 32.5 Å². The Balaban J connectivity index is 1.97. The summed E-state index contributed by atoms with van der Waals surface area (Å²) in [6.07, 6.45) is 2.37. The van der Waals surface area contributed by atoms with Gasteiger partial charge < -0.3 is 15.3 Å². The Kier molecular flexibility index (Phi) is 4.22. The highest BCUT2D eigenvalue weighted by molar-refractivity contribution is 5.80. The maximum Gasteiger partial charge on any atom is 0.308 e. The first-order valence-corrected chi connectivity index (χ1v) is 6.82. The smallest absolute Gasteiger partial charge is 0.308 e. The van der Waals surface area contributed by atoms with Gasteiger partial charge in [-0.2, -0.15) is 0 Å². The number of hydrogen-bond acceptors (Lipinski definition) is 3. The summed E-state index contributed by atoms with van der Waals surface area (Å²) in [6.45, 7) is 4.97. The number of piperidine rings is 2. The van der Waals surface area contributed by atoms with Crippen LogP contribution in [0.3, 0.4) is 0 Å². The molecule has 5 heteroatoms. The van der Waals surface area contributed by atoms with E-state index in [0.29, 0.717) is 18.9 Å². The van der Waals surface area contributed by atoms with Gasteiger partial charge in [-0.25, -0.2) is 0 Å². The van der Waals surface area contributed by atoms with Crippen LogP contribution in [-0.4, -0.2) is 48.1 Å². The van der Waals surface area contributed by atoms with E-state index >= 15 is 0 Å². The molecule has 2 heterocycles. The molecular weight excluding hydrogens is 232 g/mol. The van der Waals surface area contributed by atoms with E-state index in [-0.39, 0.29) is 17.7 Å². The van der Waals surface area contributed by atoms with Crippen LogP contribution in [0.25, 0.3) is 0 Å². The van der Waals surface area contributed by atoms with Crippen LogP contribution in [0.15, 0.2) is 0 Å². The van der Waals surface area contributed by atoms with E-state index in [2.05, 4.69) is 12.2 Å². The lowest BCUT2D eigenvalue weighted by atomic mass is 9.85. The van der Waals surface area contributed by atoms with Crippen LogP contribution in [0.2, 0.25) is 0 Å². The summed E-state index contributed by atoms with van der Waals surface area (Å²) < 4.78 is 0. The molecule has 0 aromatic heterocycles. The van der Waals surface area contributed by atoms with Gasteiger partial charge in [-0.1, -0.05) is 6.92 Å². The molecule has 2 fully saturated rings. The third kappa shape index (κ3) is 2.83. The number of likely N-dealkylation sites (tertiary alicyclic amines) is 1. The summed E-state index contributed by atoms with van der Waals surface area (Å²) in [5.41, 5.74) is 0. The molecule has 102 valence electrons. The number of amides is 1. The van der Waals surface area contributed by atoms with Gasteiger partial charge in [0.1, 0.15) is 0 Å². The lowest BCUT2D eigenvalue weighted by molar-refractivity contribution is -0.147. The Morgan fingerprint density at radius 1 is 1.33 bits per heavy atom. The van der Waals surface area contributed by atoms with E-state index < -0.39 is 5.97 Å². The van der Waals surface area contributed by atoms with Gasteiger partial charge in [-0.05, 0) is 38.3 Å². The largest absolute Gasteiger partial charge is 0.481 e. The molecule has 2 aliphatic rings. The summed E-state index contributed by atoms with van der Waals surface area (Å²) in [4.78, 5) is 25.2. The van der Waals surface area contributed by atoms with Crippen molar-refractivity contribution >= 4 is 11.9 Å². The van der Waals surface area contributed by atoms with Gasteiger partial charge in [0.2, 0.25) is 5.91 Å². The molecule has 0 bridgehead atoms. The normalized spacial score (nSPS) is 33.2. The van der Waals surface area contributed by atoms with E-state index in [4.69, 9.17) is 5.11 Å². The molecule has 0 saturated carbocycles. The molecule has 2 aliphatic heterocycles. The van der Waals surface area contributed by atoms with Crippen molar-refractivity contribution in [2.24, 2.45) is 17.8 Å². The zero-order chi connectivity index (χ0) is 13.1. The number of rotatable bonds is 2. The van der Waals surface area contributed by atoms with Crippen LogP contribution in [0, 0.1) is 17.8 Å². The standard InChI is InChI=1S/C13H22N2O3/c1-9-7-14-5-4-11(9)12(16)15-6-2-3-10(8-15)13(17)18/h9-11,14H,2-8H2,1H3,(H,17,18)/t9?,10-,11?/m1/s1. The van der Waals surface area contributed by atoms with Crippen LogP contribution < -0.4 is 5.32 Å². The Labute approximate surface area is 108 Å². The minimum atomic E-state index is -0.772. The molecule has 2 unspecified atom stereocenters. The second-order valence-electron chi connectivity index (χ2n) is 5.54. The summed E-state index contributed by atoms with van der Waals surface area (Å²) in [5.74, 6) is -0.573. The Hall–Kier alpha value is -1.10. The second-order valence-corrected chi connectivity index (χ2v) is 5.54. The molecule has 0 aromatic carbocycles. The fourth-order valence-electron chi connectivity index (χ4n) is 2.99. The van der Waals surface area contributed by atoms with Crippen molar-refractivity contribution in [3.05, 3.63) is 0 Å². The van der Waals surface area contributed by atoms with Crippen molar-refractivity contribution in [1.29, 1.82) is 0 Å². The number of nitrogens with one attached hydrogen (secondary N) is 1. The number of carbonyl (C=O) groups excluding carboxylic acids is 1. The zero-order valence-corrected chi connectivity index (χ0v) is 10.9. The van der Waals surface area contributed by atoms with Crippen molar-refractivity contribution < 1.29 is 14.7 Å². The van der Waals surface area contributed by atoms with Crippen LogP contribution >= 0.6 is 0 Å². The number of carbonyl (C=O) groups is 2. The highest BCUT2D eigenvalue weighted by Gasteiger charge is 2.34. The van der Waals surface area contributed by atoms with Crippen LogP contribution in [0.4, 0.5) is 0 Å². The highest BCUT2D eigenvalue weighted by Crippen LogP contribution is 2.24. The fourth-order valence-corrected chi connectivity index (χ4v) is 2.99. The average Bonchev–Trinajstić information content (AvgIpc) is 2.38. The molecule has 2 rings (SSSR count). The van der Waals surface area contributed by atoms with Gasteiger partial charge in [0, 0.05) is 19.0 Å². The second kappa shape index (κ2) is 5.69. The fraction of sp³-hybridized carbons (Fsp3) is 0.846. The number of hydrogen-bond donors (Lipinski definition) is 2. The van der Waals surface area contributed by atoms with Crippen molar-refractivity contribution in [3.8, 4) is 0 Å². The van der Waals surface area contributed by atoms with E-state index in [1.807, 2.05) is 0 Å².